The lowest BCUT2D eigenvalue weighted by Gasteiger charge is -2.26. The van der Waals surface area contributed by atoms with Gasteiger partial charge in [-0.25, -0.2) is 4.39 Å². The summed E-state index contributed by atoms with van der Waals surface area (Å²) in [6.07, 6.45) is 0. The first kappa shape index (κ1) is 20.3. The number of hydrogen-bond donors (Lipinski definition) is 2. The van der Waals surface area contributed by atoms with Crippen molar-refractivity contribution < 1.29 is 33.7 Å². The number of carbonyl (C=O) groups excluding carboxylic acids is 2. The average molecular weight is 401 g/mol. The third-order valence-electron chi connectivity index (χ3n) is 4.73. The van der Waals surface area contributed by atoms with E-state index < -0.39 is 29.3 Å². The van der Waals surface area contributed by atoms with E-state index in [2.05, 4.69) is 0 Å². The van der Waals surface area contributed by atoms with Crippen molar-refractivity contribution in [1.29, 1.82) is 0 Å². The number of amides is 1. The molecule has 29 heavy (non-hydrogen) atoms. The van der Waals surface area contributed by atoms with Crippen molar-refractivity contribution in [3.63, 3.8) is 0 Å². The molecule has 2 aromatic rings. The molecule has 1 aliphatic rings. The van der Waals surface area contributed by atoms with Crippen LogP contribution in [0, 0.1) is 5.82 Å². The maximum atomic E-state index is 13.3. The molecule has 1 saturated heterocycles. The minimum atomic E-state index is -0.993. The topological polar surface area (TPSA) is 96.3 Å². The lowest BCUT2D eigenvalue weighted by molar-refractivity contribution is -0.140. The number of rotatable bonds is 6. The van der Waals surface area contributed by atoms with Gasteiger partial charge in [-0.2, -0.15) is 0 Å². The molecular weight excluding hydrogens is 381 g/mol. The number of methoxy groups -OCH3 is 2. The van der Waals surface area contributed by atoms with Gasteiger partial charge >= 0.3 is 0 Å². The maximum absolute atomic E-state index is 13.3. The van der Waals surface area contributed by atoms with Gasteiger partial charge in [-0.15, -0.1) is 0 Å². The predicted molar refractivity (Wildman–Crippen MR) is 102 cm³/mol. The predicted octanol–water partition coefficient (Wildman–Crippen LogP) is 2.26. The van der Waals surface area contributed by atoms with Gasteiger partial charge in [0.2, 0.25) is 0 Å². The highest BCUT2D eigenvalue weighted by molar-refractivity contribution is 6.46. The van der Waals surface area contributed by atoms with Gasteiger partial charge in [0.15, 0.2) is 0 Å². The molecular formula is C21H20FNO6. The third-order valence-corrected chi connectivity index (χ3v) is 4.73. The first-order valence-electron chi connectivity index (χ1n) is 8.80. The molecule has 1 amide bonds. The summed E-state index contributed by atoms with van der Waals surface area (Å²) < 4.78 is 23.8. The molecule has 1 heterocycles. The van der Waals surface area contributed by atoms with Gasteiger partial charge in [-0.3, -0.25) is 9.59 Å². The SMILES string of the molecule is COc1ccc(C2/C(=C(/O)c3ccc(F)cc3)C(=O)C(=O)N2CCO)c(OC)c1. The summed E-state index contributed by atoms with van der Waals surface area (Å²) in [5.41, 5.74) is 0.453. The maximum Gasteiger partial charge on any atom is 0.295 e. The number of halogens is 1. The molecule has 0 spiro atoms. The number of hydrogen-bond acceptors (Lipinski definition) is 6. The Kier molecular flexibility index (Phi) is 5.84. The zero-order chi connectivity index (χ0) is 21.1. The second-order valence-corrected chi connectivity index (χ2v) is 6.33. The zero-order valence-corrected chi connectivity index (χ0v) is 15.9. The molecule has 0 bridgehead atoms. The van der Waals surface area contributed by atoms with Gasteiger partial charge in [0, 0.05) is 23.7 Å². The molecule has 3 rings (SSSR count). The van der Waals surface area contributed by atoms with Crippen LogP contribution in [0.25, 0.3) is 5.76 Å². The molecule has 1 fully saturated rings. The van der Waals surface area contributed by atoms with Crippen molar-refractivity contribution in [2.45, 2.75) is 6.04 Å². The fraction of sp³-hybridized carbons (Fsp3) is 0.238. The normalized spacial score (nSPS) is 18.2. The monoisotopic (exact) mass is 401 g/mol. The number of Topliss-reactive ketones (excluding diaryl/α,β-unsaturated/α-hetero) is 1. The van der Waals surface area contributed by atoms with E-state index in [1.54, 1.807) is 18.2 Å². The summed E-state index contributed by atoms with van der Waals surface area (Å²) in [6.45, 7) is -0.497. The van der Waals surface area contributed by atoms with Crippen molar-refractivity contribution in [2.75, 3.05) is 27.4 Å². The van der Waals surface area contributed by atoms with E-state index in [0.29, 0.717) is 17.1 Å². The smallest absolute Gasteiger partial charge is 0.295 e. The summed E-state index contributed by atoms with van der Waals surface area (Å²) in [7, 11) is 2.91. The van der Waals surface area contributed by atoms with Gasteiger partial charge in [0.05, 0.1) is 32.4 Å². The highest BCUT2D eigenvalue weighted by Crippen LogP contribution is 2.43. The molecule has 152 valence electrons. The summed E-state index contributed by atoms with van der Waals surface area (Å²) in [6, 6.07) is 8.76. The van der Waals surface area contributed by atoms with Crippen molar-refractivity contribution in [3.8, 4) is 11.5 Å². The van der Waals surface area contributed by atoms with E-state index in [-0.39, 0.29) is 24.3 Å². The minimum absolute atomic E-state index is 0.120. The molecule has 2 N–H and O–H groups in total. The molecule has 1 atom stereocenters. The van der Waals surface area contributed by atoms with Crippen LogP contribution in [-0.4, -0.2) is 54.2 Å². The molecule has 0 aromatic heterocycles. The van der Waals surface area contributed by atoms with Crippen LogP contribution in [0.4, 0.5) is 4.39 Å². The molecule has 1 unspecified atom stereocenters. The van der Waals surface area contributed by atoms with Crippen molar-refractivity contribution in [1.82, 2.24) is 4.90 Å². The number of carbonyl (C=O) groups is 2. The molecule has 7 nitrogen and oxygen atoms in total. The highest BCUT2D eigenvalue weighted by Gasteiger charge is 2.46. The molecule has 1 aliphatic heterocycles. The van der Waals surface area contributed by atoms with Crippen LogP contribution in [0.15, 0.2) is 48.0 Å². The quantitative estimate of drug-likeness (QED) is 0.438. The number of benzene rings is 2. The minimum Gasteiger partial charge on any atom is -0.507 e. The van der Waals surface area contributed by atoms with E-state index in [1.807, 2.05) is 0 Å². The van der Waals surface area contributed by atoms with Crippen LogP contribution < -0.4 is 9.47 Å². The molecule has 0 radical (unpaired) electrons. The lowest BCUT2D eigenvalue weighted by Crippen LogP contribution is -2.32. The summed E-state index contributed by atoms with van der Waals surface area (Å²) in [5, 5.41) is 20.2. The number of aliphatic hydroxyl groups is 2. The highest BCUT2D eigenvalue weighted by atomic mass is 19.1. The molecule has 0 saturated carbocycles. The molecule has 0 aliphatic carbocycles. The number of nitrogens with zero attached hydrogens (tertiary/aromatic N) is 1. The van der Waals surface area contributed by atoms with Crippen molar-refractivity contribution >= 4 is 17.4 Å². The Labute approximate surface area is 166 Å². The summed E-state index contributed by atoms with van der Waals surface area (Å²) >= 11 is 0. The fourth-order valence-electron chi connectivity index (χ4n) is 3.35. The van der Waals surface area contributed by atoms with Gasteiger partial charge in [0.1, 0.15) is 23.1 Å². The van der Waals surface area contributed by atoms with E-state index in [0.717, 1.165) is 12.1 Å². The van der Waals surface area contributed by atoms with Crippen molar-refractivity contribution in [3.05, 3.63) is 65.0 Å². The van der Waals surface area contributed by atoms with Crippen LogP contribution in [0.5, 0.6) is 11.5 Å². The number of aliphatic hydroxyl groups excluding tert-OH is 2. The Morgan fingerprint density at radius 2 is 1.79 bits per heavy atom. The number of β-amino-alcohol motifs (C(OH)–C–C–N with tert-alkyl or cyclic N) is 1. The van der Waals surface area contributed by atoms with Gasteiger partial charge in [-0.05, 0) is 36.4 Å². The van der Waals surface area contributed by atoms with Gasteiger partial charge in [-0.1, -0.05) is 0 Å². The van der Waals surface area contributed by atoms with Crippen LogP contribution in [0.2, 0.25) is 0 Å². The molecule has 8 heteroatoms. The standard InChI is InChI=1S/C21H20FNO6/c1-28-14-7-8-15(16(11-14)29-2)18-17(20(26)21(27)23(18)9-10-24)19(25)12-3-5-13(22)6-4-12/h3-8,11,18,24-25H,9-10H2,1-2H3/b19-17-. The van der Waals surface area contributed by atoms with Gasteiger partial charge in [0.25, 0.3) is 11.7 Å². The number of ether oxygens (including phenoxy) is 2. The van der Waals surface area contributed by atoms with Crippen molar-refractivity contribution in [2.24, 2.45) is 0 Å². The Morgan fingerprint density at radius 3 is 2.38 bits per heavy atom. The number of ketones is 1. The van der Waals surface area contributed by atoms with Crippen LogP contribution >= 0.6 is 0 Å². The zero-order valence-electron chi connectivity index (χ0n) is 15.9. The second kappa shape index (κ2) is 8.32. The van der Waals surface area contributed by atoms with E-state index in [9.17, 15) is 24.2 Å². The Morgan fingerprint density at radius 1 is 1.10 bits per heavy atom. The Hall–Kier alpha value is -3.39. The average Bonchev–Trinajstić information content (AvgIpc) is 2.98. The Balaban J connectivity index is 2.23. The second-order valence-electron chi connectivity index (χ2n) is 6.33. The van der Waals surface area contributed by atoms with E-state index >= 15 is 0 Å². The lowest BCUT2D eigenvalue weighted by atomic mass is 9.94. The van der Waals surface area contributed by atoms with Crippen LogP contribution in [0.3, 0.4) is 0 Å². The third kappa shape index (κ3) is 3.66. The van der Waals surface area contributed by atoms with Crippen LogP contribution in [0.1, 0.15) is 17.2 Å². The summed E-state index contributed by atoms with van der Waals surface area (Å²) in [5.74, 6) is -1.86. The first-order chi connectivity index (χ1) is 13.9. The fourth-order valence-corrected chi connectivity index (χ4v) is 3.35. The van der Waals surface area contributed by atoms with E-state index in [1.165, 1.54) is 31.3 Å². The number of likely N-dealkylation sites (tertiary alicyclic amines) is 1. The Bertz CT molecular complexity index is 970. The largest absolute Gasteiger partial charge is 0.507 e. The summed E-state index contributed by atoms with van der Waals surface area (Å²) in [4.78, 5) is 26.5. The van der Waals surface area contributed by atoms with E-state index in [4.69, 9.17) is 9.47 Å². The van der Waals surface area contributed by atoms with Gasteiger partial charge < -0.3 is 24.6 Å². The molecule has 2 aromatic carbocycles. The first-order valence-corrected chi connectivity index (χ1v) is 8.80. The van der Waals surface area contributed by atoms with Crippen LogP contribution in [-0.2, 0) is 9.59 Å².